The van der Waals surface area contributed by atoms with E-state index in [1.54, 1.807) is 6.92 Å². The zero-order valence-corrected chi connectivity index (χ0v) is 29.3. The van der Waals surface area contributed by atoms with Gasteiger partial charge in [0.1, 0.15) is 0 Å². The lowest BCUT2D eigenvalue weighted by atomic mass is 10.4. The molecule has 1 atom stereocenters. The van der Waals surface area contributed by atoms with Gasteiger partial charge in [0.25, 0.3) is 0 Å². The first-order valence-corrected chi connectivity index (χ1v) is 30.5. The van der Waals surface area contributed by atoms with Crippen molar-refractivity contribution in [3.05, 3.63) is 12.2 Å². The minimum atomic E-state index is -2.45. The number of carbonyl (C=O) groups is 1. The Kier molecular flexibility index (Phi) is 11.5. The number of esters is 1. The van der Waals surface area contributed by atoms with E-state index < -0.39 is 49.4 Å². The third-order valence-corrected chi connectivity index (χ3v) is 36.7. The van der Waals surface area contributed by atoms with Crippen LogP contribution in [0.15, 0.2) is 12.2 Å². The molecule has 0 aromatic heterocycles. The summed E-state index contributed by atoms with van der Waals surface area (Å²) in [4.78, 5) is 11.7. The molecule has 12 heteroatoms. The Morgan fingerprint density at radius 1 is 0.688 bits per heavy atom. The molecule has 0 saturated carbocycles. The molecule has 0 aromatic carbocycles. The van der Waals surface area contributed by atoms with E-state index in [9.17, 15) is 4.79 Å². The molecule has 0 amide bonds. The Hall–Kier alpha value is 0.351. The van der Waals surface area contributed by atoms with Crippen LogP contribution in [-0.2, 0) is 26.0 Å². The normalized spacial score (nSPS) is 15.9. The van der Waals surface area contributed by atoms with Gasteiger partial charge >= 0.3 is 31.7 Å². The third-order valence-electron chi connectivity index (χ3n) is 4.97. The first kappa shape index (κ1) is 32.4. The standard InChI is InChI=1S/C20H50O6Si6/c1-19(2)20(21)22-17-16-18-32(15,28(6,7)8)26-31(13,14)25-30(11,12)24-29(9,10)23-27(3,4)5/h1,16-18H2,2-15H3. The van der Waals surface area contributed by atoms with E-state index in [2.05, 4.69) is 91.7 Å². The zero-order valence-electron chi connectivity index (χ0n) is 23.3. The summed E-state index contributed by atoms with van der Waals surface area (Å²) in [6.45, 7) is 34.5. The number of hydrogen-bond donors (Lipinski definition) is 0. The molecule has 0 radical (unpaired) electrons. The summed E-state index contributed by atoms with van der Waals surface area (Å²) >= 11 is 0. The van der Waals surface area contributed by atoms with Gasteiger partial charge in [-0.1, -0.05) is 26.2 Å². The second-order valence-electron chi connectivity index (χ2n) is 12.2. The average molecular weight is 555 g/mol. The second kappa shape index (κ2) is 11.4. The number of rotatable bonds is 14. The van der Waals surface area contributed by atoms with E-state index in [-0.39, 0.29) is 5.97 Å². The molecule has 0 aromatic rings. The van der Waals surface area contributed by atoms with Crippen molar-refractivity contribution in [2.24, 2.45) is 0 Å². The lowest BCUT2D eigenvalue weighted by Crippen LogP contribution is -2.64. The summed E-state index contributed by atoms with van der Waals surface area (Å²) in [6, 6.07) is 0.952. The maximum absolute atomic E-state index is 11.7. The minimum Gasteiger partial charge on any atom is -0.462 e. The molecule has 0 N–H and O–H groups in total. The highest BCUT2D eigenvalue weighted by Crippen LogP contribution is 2.32. The number of carbonyl (C=O) groups excluding carboxylic acids is 1. The van der Waals surface area contributed by atoms with Crippen molar-refractivity contribution in [1.82, 2.24) is 0 Å². The van der Waals surface area contributed by atoms with Crippen LogP contribution in [0.25, 0.3) is 0 Å². The van der Waals surface area contributed by atoms with Crippen molar-refractivity contribution in [2.75, 3.05) is 6.61 Å². The van der Waals surface area contributed by atoms with Gasteiger partial charge < -0.3 is 21.2 Å². The van der Waals surface area contributed by atoms with E-state index >= 15 is 0 Å². The lowest BCUT2D eigenvalue weighted by molar-refractivity contribution is -0.138. The Morgan fingerprint density at radius 3 is 1.47 bits per heavy atom. The molecule has 1 unspecified atom stereocenters. The average Bonchev–Trinajstić information content (AvgIpc) is 2.44. The smallest absolute Gasteiger partial charge is 0.333 e. The van der Waals surface area contributed by atoms with Crippen LogP contribution < -0.4 is 0 Å². The van der Waals surface area contributed by atoms with Gasteiger partial charge in [-0.15, -0.1) is 0 Å². The fourth-order valence-corrected chi connectivity index (χ4v) is 36.1. The molecule has 0 fully saturated rings. The highest BCUT2D eigenvalue weighted by molar-refractivity contribution is 7.39. The van der Waals surface area contributed by atoms with Crippen LogP contribution in [0.2, 0.25) is 91.2 Å². The molecule has 0 aliphatic rings. The highest BCUT2D eigenvalue weighted by atomic mass is 29.3. The SMILES string of the molecule is C=C(C)C(=O)OCCC[Si](C)(O[Si](C)(C)O[Si](C)(C)O[Si](C)(C)O[Si](C)(C)C)[Si](C)(C)C. The fourth-order valence-electron chi connectivity index (χ4n) is 3.80. The molecule has 0 rings (SSSR count). The maximum atomic E-state index is 11.7. The summed E-state index contributed by atoms with van der Waals surface area (Å²) in [6.07, 6.45) is 0.803. The Bertz CT molecular complexity index is 654. The molecule has 0 aliphatic carbocycles. The van der Waals surface area contributed by atoms with Gasteiger partial charge in [0.2, 0.25) is 0 Å². The van der Waals surface area contributed by atoms with Gasteiger partial charge in [-0.05, 0) is 84.9 Å². The van der Waals surface area contributed by atoms with Gasteiger partial charge in [0.05, 0.1) is 14.2 Å². The van der Waals surface area contributed by atoms with E-state index in [4.69, 9.17) is 21.2 Å². The zero-order chi connectivity index (χ0) is 25.8. The lowest BCUT2D eigenvalue weighted by Gasteiger charge is -2.46. The molecule has 6 nitrogen and oxygen atoms in total. The molecule has 0 heterocycles. The molecule has 32 heavy (non-hydrogen) atoms. The fraction of sp³-hybridized carbons (Fsp3) is 0.850. The Balaban J connectivity index is 5.30. The van der Waals surface area contributed by atoms with Crippen LogP contribution in [0, 0.1) is 0 Å². The van der Waals surface area contributed by atoms with Crippen LogP contribution in [0.3, 0.4) is 0 Å². The van der Waals surface area contributed by atoms with Crippen LogP contribution in [0.4, 0.5) is 0 Å². The largest absolute Gasteiger partial charge is 0.462 e. The van der Waals surface area contributed by atoms with Crippen molar-refractivity contribution in [3.63, 3.8) is 0 Å². The third kappa shape index (κ3) is 12.7. The quantitative estimate of drug-likeness (QED) is 0.106. The van der Waals surface area contributed by atoms with Gasteiger partial charge in [0, 0.05) is 5.57 Å². The molecule has 0 spiro atoms. The van der Waals surface area contributed by atoms with E-state index in [0.29, 0.717) is 12.2 Å². The molecule has 0 bridgehead atoms. The molecule has 0 saturated heterocycles. The molecule has 0 aliphatic heterocycles. The van der Waals surface area contributed by atoms with Gasteiger partial charge in [-0.3, -0.25) is 0 Å². The van der Waals surface area contributed by atoms with Crippen LogP contribution in [0.1, 0.15) is 13.3 Å². The van der Waals surface area contributed by atoms with Gasteiger partial charge in [-0.25, -0.2) is 4.79 Å². The predicted octanol–water partition coefficient (Wildman–Crippen LogP) is 6.49. The summed E-state index contributed by atoms with van der Waals surface area (Å²) in [5, 5.41) is 0. The van der Waals surface area contributed by atoms with Crippen LogP contribution >= 0.6 is 0 Å². The van der Waals surface area contributed by atoms with E-state index in [1.165, 1.54) is 0 Å². The van der Waals surface area contributed by atoms with Gasteiger partial charge in [-0.2, -0.15) is 0 Å². The Labute approximate surface area is 204 Å². The van der Waals surface area contributed by atoms with Crippen molar-refractivity contribution < 1.29 is 26.0 Å². The van der Waals surface area contributed by atoms with Crippen molar-refractivity contribution in [3.8, 4) is 0 Å². The van der Waals surface area contributed by atoms with Crippen LogP contribution in [0.5, 0.6) is 0 Å². The number of ether oxygens (including phenoxy) is 1. The highest BCUT2D eigenvalue weighted by Gasteiger charge is 2.50. The Morgan fingerprint density at radius 2 is 1.09 bits per heavy atom. The van der Waals surface area contributed by atoms with Crippen molar-refractivity contribution in [2.45, 2.75) is 104 Å². The summed E-state index contributed by atoms with van der Waals surface area (Å²) in [7, 11) is -12.5. The topological polar surface area (TPSA) is 63.2 Å². The van der Waals surface area contributed by atoms with Gasteiger partial charge in [0.15, 0.2) is 16.2 Å². The molecular formula is C20H50O6Si6. The monoisotopic (exact) mass is 554 g/mol. The van der Waals surface area contributed by atoms with Crippen molar-refractivity contribution in [1.29, 1.82) is 0 Å². The summed E-state index contributed by atoms with van der Waals surface area (Å²) in [5.41, 5.74) is 0.435. The molecule has 190 valence electrons. The van der Waals surface area contributed by atoms with Crippen LogP contribution in [-0.4, -0.2) is 62.0 Å². The van der Waals surface area contributed by atoms with E-state index in [1.807, 2.05) is 0 Å². The van der Waals surface area contributed by atoms with E-state index in [0.717, 1.165) is 12.5 Å². The maximum Gasteiger partial charge on any atom is 0.333 e. The first-order valence-electron chi connectivity index (χ1n) is 11.5. The number of hydrogen-bond acceptors (Lipinski definition) is 6. The predicted molar refractivity (Wildman–Crippen MR) is 150 cm³/mol. The molecular weight excluding hydrogens is 505 g/mol. The second-order valence-corrected chi connectivity index (χ2v) is 43.2. The minimum absolute atomic E-state index is 0.322. The summed E-state index contributed by atoms with van der Waals surface area (Å²) in [5.74, 6) is -0.322. The van der Waals surface area contributed by atoms with Crippen molar-refractivity contribution >= 4 is 55.4 Å². The first-order chi connectivity index (χ1) is 13.9. The summed E-state index contributed by atoms with van der Waals surface area (Å²) < 4.78 is 32.0.